The van der Waals surface area contributed by atoms with Gasteiger partial charge in [-0.05, 0) is 19.4 Å². The van der Waals surface area contributed by atoms with E-state index in [1.807, 2.05) is 0 Å². The van der Waals surface area contributed by atoms with Crippen molar-refractivity contribution in [2.24, 2.45) is 0 Å². The van der Waals surface area contributed by atoms with E-state index in [1.54, 1.807) is 0 Å². The molecule has 15 heavy (non-hydrogen) atoms. The molecule has 1 aliphatic heterocycles. The third-order valence-electron chi connectivity index (χ3n) is 2.66. The van der Waals surface area contributed by atoms with Crippen molar-refractivity contribution >= 4 is 5.78 Å². The van der Waals surface area contributed by atoms with Crippen LogP contribution in [0.3, 0.4) is 0 Å². The molecule has 0 bridgehead atoms. The number of rotatable bonds is 2. The van der Waals surface area contributed by atoms with Gasteiger partial charge in [0.2, 0.25) is 5.78 Å². The summed E-state index contributed by atoms with van der Waals surface area (Å²) in [4.78, 5) is 10.8. The summed E-state index contributed by atoms with van der Waals surface area (Å²) in [6.07, 6.45) is -0.361. The number of alkyl halides is 3. The van der Waals surface area contributed by atoms with E-state index in [0.29, 0.717) is 6.42 Å². The van der Waals surface area contributed by atoms with E-state index in [-0.39, 0.29) is 6.04 Å². The average Bonchev–Trinajstić information content (AvgIpc) is 2.07. The van der Waals surface area contributed by atoms with Crippen LogP contribution in [0.15, 0.2) is 0 Å². The van der Waals surface area contributed by atoms with Crippen LogP contribution in [0.25, 0.3) is 0 Å². The molecule has 1 N–H and O–H groups in total. The molecule has 1 heterocycles. The summed E-state index contributed by atoms with van der Waals surface area (Å²) < 4.78 is 36.0. The average molecular weight is 223 g/mol. The quantitative estimate of drug-likeness (QED) is 0.779. The molecule has 1 unspecified atom stereocenters. The first-order valence-electron chi connectivity index (χ1n) is 5.33. The smallest absolute Gasteiger partial charge is 0.314 e. The van der Waals surface area contributed by atoms with Gasteiger partial charge in [-0.2, -0.15) is 13.2 Å². The van der Waals surface area contributed by atoms with E-state index >= 15 is 0 Å². The normalized spacial score (nSPS) is 24.3. The Labute approximate surface area is 87.2 Å². The summed E-state index contributed by atoms with van der Waals surface area (Å²) in [7, 11) is 0. The SMILES string of the molecule is O=C(CC1CCCCCCN1)C(F)(F)F. The van der Waals surface area contributed by atoms with Crippen LogP contribution in [-0.2, 0) is 4.79 Å². The first-order valence-corrected chi connectivity index (χ1v) is 5.33. The van der Waals surface area contributed by atoms with Gasteiger partial charge in [-0.3, -0.25) is 4.79 Å². The lowest BCUT2D eigenvalue weighted by molar-refractivity contribution is -0.171. The van der Waals surface area contributed by atoms with E-state index in [1.165, 1.54) is 0 Å². The maximum Gasteiger partial charge on any atom is 0.450 e. The fourth-order valence-electron chi connectivity index (χ4n) is 1.79. The first kappa shape index (κ1) is 12.5. The Balaban J connectivity index is 2.38. The second-order valence-corrected chi connectivity index (χ2v) is 3.98. The summed E-state index contributed by atoms with van der Waals surface area (Å²) in [6, 6.07) is -0.292. The fourth-order valence-corrected chi connectivity index (χ4v) is 1.79. The Morgan fingerprint density at radius 2 is 1.87 bits per heavy atom. The topological polar surface area (TPSA) is 29.1 Å². The molecule has 1 saturated heterocycles. The molecule has 1 aliphatic rings. The van der Waals surface area contributed by atoms with E-state index < -0.39 is 18.4 Å². The van der Waals surface area contributed by atoms with Gasteiger partial charge in [0.1, 0.15) is 0 Å². The predicted octanol–water partition coefficient (Wildman–Crippen LogP) is 2.43. The molecule has 0 aromatic heterocycles. The zero-order valence-corrected chi connectivity index (χ0v) is 8.57. The van der Waals surface area contributed by atoms with Crippen molar-refractivity contribution in [2.75, 3.05) is 6.54 Å². The fraction of sp³-hybridized carbons (Fsp3) is 0.900. The molecule has 0 amide bonds. The number of hydrogen-bond acceptors (Lipinski definition) is 2. The second kappa shape index (κ2) is 5.49. The first-order chi connectivity index (χ1) is 7.00. The van der Waals surface area contributed by atoms with Gasteiger partial charge in [0.05, 0.1) is 0 Å². The van der Waals surface area contributed by atoms with E-state index in [0.717, 1.165) is 32.2 Å². The van der Waals surface area contributed by atoms with Crippen LogP contribution in [0.1, 0.15) is 38.5 Å². The largest absolute Gasteiger partial charge is 0.450 e. The molecule has 2 nitrogen and oxygen atoms in total. The highest BCUT2D eigenvalue weighted by Gasteiger charge is 2.38. The zero-order chi connectivity index (χ0) is 11.3. The Bertz CT molecular complexity index is 207. The zero-order valence-electron chi connectivity index (χ0n) is 8.57. The van der Waals surface area contributed by atoms with Gasteiger partial charge in [0.25, 0.3) is 0 Å². The Hall–Kier alpha value is -0.580. The molecule has 0 saturated carbocycles. The third kappa shape index (κ3) is 4.64. The maximum absolute atomic E-state index is 12.0. The Kier molecular flexibility index (Phi) is 4.57. The van der Waals surface area contributed by atoms with Gasteiger partial charge in [0, 0.05) is 12.5 Å². The molecule has 0 aromatic carbocycles. The van der Waals surface area contributed by atoms with Gasteiger partial charge in [0.15, 0.2) is 0 Å². The van der Waals surface area contributed by atoms with Crippen molar-refractivity contribution in [3.05, 3.63) is 0 Å². The van der Waals surface area contributed by atoms with Gasteiger partial charge in [-0.15, -0.1) is 0 Å². The number of hydrogen-bond donors (Lipinski definition) is 1. The summed E-state index contributed by atoms with van der Waals surface area (Å²) in [5.74, 6) is -1.61. The Morgan fingerprint density at radius 3 is 2.53 bits per heavy atom. The molecule has 0 radical (unpaired) electrons. The molecule has 0 aromatic rings. The van der Waals surface area contributed by atoms with E-state index in [2.05, 4.69) is 5.32 Å². The van der Waals surface area contributed by atoms with Gasteiger partial charge < -0.3 is 5.32 Å². The summed E-state index contributed by atoms with van der Waals surface area (Å²) in [5, 5.41) is 3.00. The van der Waals surface area contributed by atoms with Crippen LogP contribution in [0.5, 0.6) is 0 Å². The molecule has 5 heteroatoms. The summed E-state index contributed by atoms with van der Waals surface area (Å²) >= 11 is 0. The molecule has 1 fully saturated rings. The van der Waals surface area contributed by atoms with Crippen LogP contribution in [0.2, 0.25) is 0 Å². The van der Waals surface area contributed by atoms with Crippen molar-refractivity contribution in [2.45, 2.75) is 50.7 Å². The molecular formula is C10H16F3NO. The minimum absolute atomic E-state index is 0.292. The lowest BCUT2D eigenvalue weighted by Gasteiger charge is -2.21. The minimum atomic E-state index is -4.68. The van der Waals surface area contributed by atoms with Crippen molar-refractivity contribution in [3.63, 3.8) is 0 Å². The number of carbonyl (C=O) groups excluding carboxylic acids is 1. The lowest BCUT2D eigenvalue weighted by Crippen LogP contribution is -2.36. The van der Waals surface area contributed by atoms with Crippen molar-refractivity contribution in [3.8, 4) is 0 Å². The summed E-state index contributed by atoms with van der Waals surface area (Å²) in [5.41, 5.74) is 0. The lowest BCUT2D eigenvalue weighted by atomic mass is 10.00. The highest BCUT2D eigenvalue weighted by atomic mass is 19.4. The molecule has 0 spiro atoms. The van der Waals surface area contributed by atoms with Crippen LogP contribution in [0.4, 0.5) is 13.2 Å². The van der Waals surface area contributed by atoms with Gasteiger partial charge in [-0.25, -0.2) is 0 Å². The van der Waals surface area contributed by atoms with E-state index in [4.69, 9.17) is 0 Å². The van der Waals surface area contributed by atoms with Crippen molar-refractivity contribution in [1.82, 2.24) is 5.32 Å². The van der Waals surface area contributed by atoms with Crippen molar-refractivity contribution in [1.29, 1.82) is 0 Å². The number of nitrogens with one attached hydrogen (secondary N) is 1. The minimum Gasteiger partial charge on any atom is -0.314 e. The summed E-state index contributed by atoms with van der Waals surface area (Å²) in [6.45, 7) is 0.718. The Morgan fingerprint density at radius 1 is 1.20 bits per heavy atom. The number of ketones is 1. The number of Topliss-reactive ketones (excluding diaryl/α,β-unsaturated/α-hetero) is 1. The van der Waals surface area contributed by atoms with Crippen LogP contribution in [-0.4, -0.2) is 24.5 Å². The van der Waals surface area contributed by atoms with Crippen LogP contribution in [0, 0.1) is 0 Å². The molecule has 1 atom stereocenters. The maximum atomic E-state index is 12.0. The monoisotopic (exact) mass is 223 g/mol. The third-order valence-corrected chi connectivity index (χ3v) is 2.66. The van der Waals surface area contributed by atoms with Gasteiger partial charge in [-0.1, -0.05) is 19.3 Å². The van der Waals surface area contributed by atoms with Gasteiger partial charge >= 0.3 is 6.18 Å². The van der Waals surface area contributed by atoms with E-state index in [9.17, 15) is 18.0 Å². The molecule has 0 aliphatic carbocycles. The second-order valence-electron chi connectivity index (χ2n) is 3.98. The molecule has 88 valence electrons. The number of halogens is 3. The highest BCUT2D eigenvalue weighted by molar-refractivity contribution is 5.84. The molecule has 1 rings (SSSR count). The number of carbonyl (C=O) groups is 1. The van der Waals surface area contributed by atoms with Crippen LogP contribution >= 0.6 is 0 Å². The molecular weight excluding hydrogens is 207 g/mol. The highest BCUT2D eigenvalue weighted by Crippen LogP contribution is 2.21. The van der Waals surface area contributed by atoms with Crippen LogP contribution < -0.4 is 5.32 Å². The predicted molar refractivity (Wildman–Crippen MR) is 50.6 cm³/mol. The van der Waals surface area contributed by atoms with Crippen molar-refractivity contribution < 1.29 is 18.0 Å². The standard InChI is InChI=1S/C10H16F3NO/c11-10(12,13)9(15)7-8-5-3-1-2-4-6-14-8/h8,14H,1-7H2.